The van der Waals surface area contributed by atoms with Crippen molar-refractivity contribution in [1.29, 1.82) is 0 Å². The molecule has 0 aliphatic carbocycles. The number of benzene rings is 2. The van der Waals surface area contributed by atoms with Gasteiger partial charge >= 0.3 is 0 Å². The summed E-state index contributed by atoms with van der Waals surface area (Å²) in [6.07, 6.45) is 0.782. The van der Waals surface area contributed by atoms with Crippen LogP contribution in [0, 0.1) is 0 Å². The third kappa shape index (κ3) is 4.35. The number of piperazine rings is 1. The van der Waals surface area contributed by atoms with Crippen LogP contribution in [0.1, 0.15) is 17.5 Å². The van der Waals surface area contributed by atoms with Crippen molar-refractivity contribution in [3.05, 3.63) is 65.7 Å². The molecule has 1 aliphatic heterocycles. The highest BCUT2D eigenvalue weighted by Gasteiger charge is 2.26. The van der Waals surface area contributed by atoms with Gasteiger partial charge < -0.3 is 10.2 Å². The van der Waals surface area contributed by atoms with Crippen LogP contribution >= 0.6 is 0 Å². The number of hydrogen-bond donors (Lipinski definition) is 2. The van der Waals surface area contributed by atoms with Crippen LogP contribution in [0.15, 0.2) is 54.6 Å². The maximum absolute atomic E-state index is 9.98. The van der Waals surface area contributed by atoms with Crippen LogP contribution in [-0.4, -0.2) is 52.3 Å². The molecule has 4 nitrogen and oxygen atoms in total. The number of aliphatic hydroxyl groups excluding tert-OH is 1. The van der Waals surface area contributed by atoms with E-state index < -0.39 is 0 Å². The van der Waals surface area contributed by atoms with Gasteiger partial charge in [-0.3, -0.25) is 9.80 Å². The summed E-state index contributed by atoms with van der Waals surface area (Å²) in [5.74, 6) is 0.364. The molecule has 0 saturated carbocycles. The van der Waals surface area contributed by atoms with Crippen LogP contribution in [-0.2, 0) is 13.1 Å². The number of nitrogens with zero attached hydrogens (tertiary/aromatic N) is 2. The molecule has 0 bridgehead atoms. The first kappa shape index (κ1) is 17.0. The fourth-order valence-electron chi connectivity index (χ4n) is 3.44. The first-order valence-corrected chi connectivity index (χ1v) is 8.64. The SMILES string of the molecule is OCC[C@@H]1CN(Cc2ccccc2O)CCN1Cc1ccccc1. The molecule has 1 atom stereocenters. The highest BCUT2D eigenvalue weighted by Crippen LogP contribution is 2.22. The Bertz CT molecular complexity index is 633. The van der Waals surface area contributed by atoms with Gasteiger partial charge in [0, 0.05) is 50.9 Å². The Morgan fingerprint density at radius 1 is 0.917 bits per heavy atom. The van der Waals surface area contributed by atoms with E-state index in [1.165, 1.54) is 5.56 Å². The van der Waals surface area contributed by atoms with E-state index in [0.717, 1.165) is 44.7 Å². The molecule has 0 radical (unpaired) electrons. The second-order valence-corrected chi connectivity index (χ2v) is 6.49. The summed E-state index contributed by atoms with van der Waals surface area (Å²) in [4.78, 5) is 4.84. The van der Waals surface area contributed by atoms with Gasteiger partial charge in [-0.25, -0.2) is 0 Å². The van der Waals surface area contributed by atoms with Crippen molar-refractivity contribution >= 4 is 0 Å². The third-order valence-corrected chi connectivity index (χ3v) is 4.77. The molecule has 24 heavy (non-hydrogen) atoms. The zero-order valence-electron chi connectivity index (χ0n) is 14.0. The minimum Gasteiger partial charge on any atom is -0.508 e. The number of aliphatic hydroxyl groups is 1. The Morgan fingerprint density at radius 3 is 2.42 bits per heavy atom. The normalized spacial score (nSPS) is 19.5. The first-order valence-electron chi connectivity index (χ1n) is 8.64. The molecule has 1 heterocycles. The van der Waals surface area contributed by atoms with E-state index in [-0.39, 0.29) is 6.61 Å². The van der Waals surface area contributed by atoms with Crippen molar-refractivity contribution in [2.75, 3.05) is 26.2 Å². The van der Waals surface area contributed by atoms with Gasteiger partial charge in [-0.15, -0.1) is 0 Å². The Labute approximate surface area is 144 Å². The van der Waals surface area contributed by atoms with Gasteiger partial charge in [0.25, 0.3) is 0 Å². The van der Waals surface area contributed by atoms with Crippen molar-refractivity contribution in [3.63, 3.8) is 0 Å². The summed E-state index contributed by atoms with van der Waals surface area (Å²) >= 11 is 0. The summed E-state index contributed by atoms with van der Waals surface area (Å²) in [6.45, 7) is 4.77. The van der Waals surface area contributed by atoms with E-state index in [1.807, 2.05) is 24.3 Å². The lowest BCUT2D eigenvalue weighted by Crippen LogP contribution is -2.52. The van der Waals surface area contributed by atoms with Crippen LogP contribution in [0.4, 0.5) is 0 Å². The fraction of sp³-hybridized carbons (Fsp3) is 0.400. The van der Waals surface area contributed by atoms with Crippen molar-refractivity contribution < 1.29 is 10.2 Å². The second-order valence-electron chi connectivity index (χ2n) is 6.49. The summed E-state index contributed by atoms with van der Waals surface area (Å²) in [7, 11) is 0. The molecule has 1 saturated heterocycles. The Kier molecular flexibility index (Phi) is 5.86. The first-order chi connectivity index (χ1) is 11.8. The molecule has 2 aromatic carbocycles. The Morgan fingerprint density at radius 2 is 1.67 bits per heavy atom. The molecule has 4 heteroatoms. The number of rotatable bonds is 6. The topological polar surface area (TPSA) is 46.9 Å². The molecule has 0 amide bonds. The molecular weight excluding hydrogens is 300 g/mol. The van der Waals surface area contributed by atoms with Gasteiger partial charge in [-0.1, -0.05) is 48.5 Å². The monoisotopic (exact) mass is 326 g/mol. The van der Waals surface area contributed by atoms with Crippen LogP contribution in [0.3, 0.4) is 0 Å². The van der Waals surface area contributed by atoms with Crippen LogP contribution in [0.25, 0.3) is 0 Å². The van der Waals surface area contributed by atoms with Crippen LogP contribution in [0.2, 0.25) is 0 Å². The molecule has 1 aliphatic rings. The number of phenols is 1. The van der Waals surface area contributed by atoms with Crippen molar-refractivity contribution in [2.45, 2.75) is 25.6 Å². The average Bonchev–Trinajstić information content (AvgIpc) is 2.60. The molecular formula is C20H26N2O2. The van der Waals surface area contributed by atoms with E-state index in [0.29, 0.717) is 11.8 Å². The zero-order chi connectivity index (χ0) is 16.8. The van der Waals surface area contributed by atoms with Crippen molar-refractivity contribution in [3.8, 4) is 5.75 Å². The number of hydrogen-bond acceptors (Lipinski definition) is 4. The van der Waals surface area contributed by atoms with Gasteiger partial charge in [0.2, 0.25) is 0 Å². The standard InChI is InChI=1S/C20H26N2O2/c23-13-10-19-16-21(15-18-8-4-5-9-20(18)24)11-12-22(19)14-17-6-2-1-3-7-17/h1-9,19,23-24H,10-16H2/t19-/m1/s1. The van der Waals surface area contributed by atoms with Gasteiger partial charge in [0.05, 0.1) is 0 Å². The lowest BCUT2D eigenvalue weighted by atomic mass is 10.1. The second kappa shape index (κ2) is 8.29. The molecule has 0 spiro atoms. The highest BCUT2D eigenvalue weighted by molar-refractivity contribution is 5.31. The maximum atomic E-state index is 9.98. The lowest BCUT2D eigenvalue weighted by molar-refractivity contribution is 0.0496. The molecule has 0 unspecified atom stereocenters. The van der Waals surface area contributed by atoms with Crippen LogP contribution < -0.4 is 0 Å². The van der Waals surface area contributed by atoms with E-state index in [9.17, 15) is 10.2 Å². The minimum atomic E-state index is 0.209. The van der Waals surface area contributed by atoms with Gasteiger partial charge in [0.15, 0.2) is 0 Å². The minimum absolute atomic E-state index is 0.209. The van der Waals surface area contributed by atoms with Crippen LogP contribution in [0.5, 0.6) is 5.75 Å². The van der Waals surface area contributed by atoms with E-state index in [2.05, 4.69) is 34.1 Å². The largest absolute Gasteiger partial charge is 0.508 e. The van der Waals surface area contributed by atoms with Gasteiger partial charge in [-0.05, 0) is 18.1 Å². The Balaban J connectivity index is 1.63. The smallest absolute Gasteiger partial charge is 0.120 e. The van der Waals surface area contributed by atoms with Gasteiger partial charge in [0.1, 0.15) is 5.75 Å². The molecule has 2 N–H and O–H groups in total. The van der Waals surface area contributed by atoms with Crippen molar-refractivity contribution in [2.24, 2.45) is 0 Å². The molecule has 1 fully saturated rings. The number of phenolic OH excluding ortho intramolecular Hbond substituents is 1. The molecule has 2 aromatic rings. The predicted molar refractivity (Wildman–Crippen MR) is 95.7 cm³/mol. The average molecular weight is 326 g/mol. The highest BCUT2D eigenvalue weighted by atomic mass is 16.3. The quantitative estimate of drug-likeness (QED) is 0.856. The summed E-state index contributed by atoms with van der Waals surface area (Å²) in [6, 6.07) is 18.4. The molecule has 128 valence electrons. The van der Waals surface area contributed by atoms with E-state index in [4.69, 9.17) is 0 Å². The summed E-state index contributed by atoms with van der Waals surface area (Å²) in [5.41, 5.74) is 2.28. The third-order valence-electron chi connectivity index (χ3n) is 4.77. The van der Waals surface area contributed by atoms with Gasteiger partial charge in [-0.2, -0.15) is 0 Å². The van der Waals surface area contributed by atoms with Crippen molar-refractivity contribution in [1.82, 2.24) is 9.80 Å². The molecule has 0 aromatic heterocycles. The summed E-state index contributed by atoms with van der Waals surface area (Å²) in [5, 5.41) is 19.4. The van der Waals surface area contributed by atoms with E-state index >= 15 is 0 Å². The number of aromatic hydroxyl groups is 1. The lowest BCUT2D eigenvalue weighted by Gasteiger charge is -2.41. The predicted octanol–water partition coefficient (Wildman–Crippen LogP) is 2.46. The fourth-order valence-corrected chi connectivity index (χ4v) is 3.44. The zero-order valence-corrected chi connectivity index (χ0v) is 14.0. The summed E-state index contributed by atoms with van der Waals surface area (Å²) < 4.78 is 0. The molecule has 3 rings (SSSR count). The van der Waals surface area contributed by atoms with E-state index in [1.54, 1.807) is 6.07 Å². The number of para-hydroxylation sites is 1. The maximum Gasteiger partial charge on any atom is 0.120 e. The Hall–Kier alpha value is -1.88.